The zero-order chi connectivity index (χ0) is 9.80. The van der Waals surface area contributed by atoms with Gasteiger partial charge in [0.15, 0.2) is 0 Å². The Morgan fingerprint density at radius 1 is 1.21 bits per heavy atom. The number of benzene rings is 1. The van der Waals surface area contributed by atoms with E-state index in [0.29, 0.717) is 13.3 Å². The van der Waals surface area contributed by atoms with Crippen molar-refractivity contribution >= 4 is 11.6 Å². The van der Waals surface area contributed by atoms with E-state index in [9.17, 15) is 4.79 Å². The third kappa shape index (κ3) is 1.83. The van der Waals surface area contributed by atoms with E-state index in [1.807, 2.05) is 30.3 Å². The summed E-state index contributed by atoms with van der Waals surface area (Å²) in [6.07, 6.45) is 3.27. The topological polar surface area (TPSA) is 29.5 Å². The molecule has 1 heterocycles. The summed E-state index contributed by atoms with van der Waals surface area (Å²) in [6, 6.07) is 9.50. The smallest absolute Gasteiger partial charge is 0.252 e. The van der Waals surface area contributed by atoms with Gasteiger partial charge in [-0.05, 0) is 12.1 Å². The molecule has 0 aromatic heterocycles. The summed E-state index contributed by atoms with van der Waals surface area (Å²) in [7, 11) is 0. The molecule has 0 aliphatic carbocycles. The maximum Gasteiger partial charge on any atom is 0.252 e. The first-order chi connectivity index (χ1) is 6.88. The molecule has 0 radical (unpaired) electrons. The fourth-order valence-electron chi connectivity index (χ4n) is 1.32. The van der Waals surface area contributed by atoms with Crippen LogP contribution in [-0.4, -0.2) is 19.2 Å². The minimum absolute atomic E-state index is 0.0336. The lowest BCUT2D eigenvalue weighted by Crippen LogP contribution is -2.30. The van der Waals surface area contributed by atoms with Gasteiger partial charge in [-0.25, -0.2) is 0 Å². The molecule has 3 heteroatoms. The third-order valence-electron chi connectivity index (χ3n) is 2.03. The Hall–Kier alpha value is -1.61. The molecule has 0 fully saturated rings. The van der Waals surface area contributed by atoms with Crippen LogP contribution in [0, 0.1) is 0 Å². The Morgan fingerprint density at radius 2 is 2.00 bits per heavy atom. The molecular weight excluding hydrogens is 178 g/mol. The van der Waals surface area contributed by atoms with Gasteiger partial charge in [-0.15, -0.1) is 0 Å². The van der Waals surface area contributed by atoms with Crippen molar-refractivity contribution in [1.29, 1.82) is 0 Å². The molecule has 1 aromatic rings. The number of hydrogen-bond donors (Lipinski definition) is 0. The molecule has 1 amide bonds. The van der Waals surface area contributed by atoms with Crippen LogP contribution in [0.5, 0.6) is 0 Å². The molecule has 14 heavy (non-hydrogen) atoms. The van der Waals surface area contributed by atoms with Crippen LogP contribution in [0.15, 0.2) is 42.5 Å². The van der Waals surface area contributed by atoms with Gasteiger partial charge in [0.1, 0.15) is 6.73 Å². The van der Waals surface area contributed by atoms with Crippen molar-refractivity contribution in [3.8, 4) is 0 Å². The molecule has 0 atom stereocenters. The standard InChI is InChI=1S/C11H11NO2/c13-11-7-4-8-14-9-12(11)10-5-2-1-3-6-10/h1-7H,8-9H2. The number of amides is 1. The number of hydrogen-bond acceptors (Lipinski definition) is 2. The minimum atomic E-state index is -0.0336. The normalized spacial score (nSPS) is 16.9. The second-order valence-electron chi connectivity index (χ2n) is 3.00. The Morgan fingerprint density at radius 3 is 2.79 bits per heavy atom. The van der Waals surface area contributed by atoms with Crippen molar-refractivity contribution in [2.75, 3.05) is 18.2 Å². The van der Waals surface area contributed by atoms with E-state index in [4.69, 9.17) is 4.74 Å². The monoisotopic (exact) mass is 189 g/mol. The maximum absolute atomic E-state index is 11.6. The zero-order valence-corrected chi connectivity index (χ0v) is 7.72. The summed E-state index contributed by atoms with van der Waals surface area (Å²) in [5.74, 6) is -0.0336. The van der Waals surface area contributed by atoms with E-state index >= 15 is 0 Å². The number of carbonyl (C=O) groups excluding carboxylic acids is 1. The quantitative estimate of drug-likeness (QED) is 0.671. The highest BCUT2D eigenvalue weighted by molar-refractivity contribution is 6.01. The summed E-state index contributed by atoms with van der Waals surface area (Å²) in [5.41, 5.74) is 0.865. The molecule has 1 aromatic carbocycles. The number of para-hydroxylation sites is 1. The molecule has 0 saturated heterocycles. The van der Waals surface area contributed by atoms with Gasteiger partial charge >= 0.3 is 0 Å². The number of nitrogens with zero attached hydrogens (tertiary/aromatic N) is 1. The van der Waals surface area contributed by atoms with Gasteiger partial charge in [0.05, 0.1) is 6.61 Å². The van der Waals surface area contributed by atoms with Gasteiger partial charge in [-0.2, -0.15) is 0 Å². The second kappa shape index (κ2) is 4.07. The van der Waals surface area contributed by atoms with Gasteiger partial charge in [-0.3, -0.25) is 9.69 Å². The number of anilines is 1. The van der Waals surface area contributed by atoms with Crippen molar-refractivity contribution in [3.63, 3.8) is 0 Å². The lowest BCUT2D eigenvalue weighted by molar-refractivity contribution is -0.114. The Kier molecular flexibility index (Phi) is 2.60. The average molecular weight is 189 g/mol. The van der Waals surface area contributed by atoms with Crippen molar-refractivity contribution in [3.05, 3.63) is 42.5 Å². The van der Waals surface area contributed by atoms with E-state index < -0.39 is 0 Å². The molecule has 0 saturated carbocycles. The average Bonchev–Trinajstić information content (AvgIpc) is 2.44. The van der Waals surface area contributed by atoms with E-state index in [2.05, 4.69) is 0 Å². The van der Waals surface area contributed by atoms with Crippen molar-refractivity contribution in [2.45, 2.75) is 0 Å². The molecule has 0 N–H and O–H groups in total. The zero-order valence-electron chi connectivity index (χ0n) is 7.72. The van der Waals surface area contributed by atoms with Crippen LogP contribution in [0.25, 0.3) is 0 Å². The van der Waals surface area contributed by atoms with E-state index in [1.165, 1.54) is 0 Å². The van der Waals surface area contributed by atoms with E-state index in [1.54, 1.807) is 17.1 Å². The lowest BCUT2D eigenvalue weighted by atomic mass is 10.3. The van der Waals surface area contributed by atoms with Crippen molar-refractivity contribution < 1.29 is 9.53 Å². The number of ether oxygens (including phenoxy) is 1. The predicted molar refractivity (Wildman–Crippen MR) is 53.9 cm³/mol. The summed E-state index contributed by atoms with van der Waals surface area (Å²) in [4.78, 5) is 13.2. The molecule has 0 bridgehead atoms. The maximum atomic E-state index is 11.6. The highest BCUT2D eigenvalue weighted by Gasteiger charge is 2.14. The largest absolute Gasteiger partial charge is 0.357 e. The first kappa shape index (κ1) is 8.97. The van der Waals surface area contributed by atoms with Crippen molar-refractivity contribution in [1.82, 2.24) is 0 Å². The number of rotatable bonds is 1. The van der Waals surface area contributed by atoms with Crippen LogP contribution in [0.3, 0.4) is 0 Å². The van der Waals surface area contributed by atoms with Crippen LogP contribution in [-0.2, 0) is 9.53 Å². The highest BCUT2D eigenvalue weighted by atomic mass is 16.5. The molecule has 1 aliphatic heterocycles. The number of carbonyl (C=O) groups is 1. The summed E-state index contributed by atoms with van der Waals surface area (Å²) in [6.45, 7) is 0.810. The molecule has 0 spiro atoms. The molecule has 0 unspecified atom stereocenters. The summed E-state index contributed by atoms with van der Waals surface area (Å²) >= 11 is 0. The van der Waals surface area contributed by atoms with Crippen LogP contribution in [0.2, 0.25) is 0 Å². The fraction of sp³-hybridized carbons (Fsp3) is 0.182. The van der Waals surface area contributed by atoms with Gasteiger partial charge in [0.25, 0.3) is 5.91 Å². The predicted octanol–water partition coefficient (Wildman–Crippen LogP) is 1.56. The van der Waals surface area contributed by atoms with Crippen molar-refractivity contribution in [2.24, 2.45) is 0 Å². The molecule has 2 rings (SSSR count). The second-order valence-corrected chi connectivity index (χ2v) is 3.00. The third-order valence-corrected chi connectivity index (χ3v) is 2.03. The molecular formula is C11H11NO2. The van der Waals surface area contributed by atoms with E-state index in [0.717, 1.165) is 5.69 Å². The first-order valence-corrected chi connectivity index (χ1v) is 4.49. The van der Waals surface area contributed by atoms with Crippen LogP contribution in [0.1, 0.15) is 0 Å². The summed E-state index contributed by atoms with van der Waals surface area (Å²) < 4.78 is 5.25. The van der Waals surface area contributed by atoms with Gasteiger partial charge < -0.3 is 4.74 Å². The van der Waals surface area contributed by atoms with E-state index in [-0.39, 0.29) is 5.91 Å². The van der Waals surface area contributed by atoms with Gasteiger partial charge in [-0.1, -0.05) is 24.3 Å². The van der Waals surface area contributed by atoms with Gasteiger partial charge in [0.2, 0.25) is 0 Å². The minimum Gasteiger partial charge on any atom is -0.357 e. The Labute approximate surface area is 82.6 Å². The molecule has 72 valence electrons. The first-order valence-electron chi connectivity index (χ1n) is 4.49. The molecule has 3 nitrogen and oxygen atoms in total. The van der Waals surface area contributed by atoms with Crippen LogP contribution in [0.4, 0.5) is 5.69 Å². The SMILES string of the molecule is O=C1C=CCOCN1c1ccccc1. The van der Waals surface area contributed by atoms with Crippen LogP contribution >= 0.6 is 0 Å². The lowest BCUT2D eigenvalue weighted by Gasteiger charge is -2.18. The Balaban J connectivity index is 2.25. The Bertz CT molecular complexity index is 346. The fourth-order valence-corrected chi connectivity index (χ4v) is 1.32. The molecule has 1 aliphatic rings. The van der Waals surface area contributed by atoms with Crippen LogP contribution < -0.4 is 4.90 Å². The van der Waals surface area contributed by atoms with Gasteiger partial charge in [0, 0.05) is 11.8 Å². The summed E-state index contributed by atoms with van der Waals surface area (Å²) in [5, 5.41) is 0. The highest BCUT2D eigenvalue weighted by Crippen LogP contribution is 2.14.